The molecule has 0 spiro atoms. The second kappa shape index (κ2) is 11.1. The molecule has 0 bridgehead atoms. The molecule has 0 atom stereocenters. The number of ether oxygens (including phenoxy) is 1. The van der Waals surface area contributed by atoms with Crippen molar-refractivity contribution < 1.29 is 18.7 Å². The molecule has 4 N–H and O–H groups in total. The highest BCUT2D eigenvalue weighted by atomic mass is 19.1. The number of H-pyrrole nitrogens is 1. The van der Waals surface area contributed by atoms with Gasteiger partial charge in [0.05, 0.1) is 16.8 Å². The molecule has 2 aliphatic rings. The van der Waals surface area contributed by atoms with E-state index in [1.54, 1.807) is 18.3 Å². The number of pyridine rings is 1. The van der Waals surface area contributed by atoms with Crippen LogP contribution >= 0.6 is 0 Å². The van der Waals surface area contributed by atoms with Gasteiger partial charge in [0.2, 0.25) is 5.88 Å². The zero-order valence-corrected chi connectivity index (χ0v) is 23.5. The highest BCUT2D eigenvalue weighted by Gasteiger charge is 2.29. The van der Waals surface area contributed by atoms with E-state index in [0.717, 1.165) is 36.4 Å². The molecule has 5 rings (SSSR count). The third kappa shape index (κ3) is 4.95. The Balaban J connectivity index is 1.47. The lowest BCUT2D eigenvalue weighted by molar-refractivity contribution is -0.110. The normalized spacial score (nSPS) is 15.0. The summed E-state index contributed by atoms with van der Waals surface area (Å²) >= 11 is 0. The number of benzene rings is 1. The first-order chi connectivity index (χ1) is 19.2. The van der Waals surface area contributed by atoms with Crippen LogP contribution in [0.15, 0.2) is 18.3 Å². The molecular weight excluding hydrogens is 511 g/mol. The molecule has 2 aromatic heterocycles. The van der Waals surface area contributed by atoms with Crippen LogP contribution in [-0.2, 0) is 4.79 Å². The van der Waals surface area contributed by atoms with Crippen molar-refractivity contribution in [2.24, 2.45) is 0 Å². The molecule has 2 aliphatic heterocycles. The maximum atomic E-state index is 15.3. The Morgan fingerprint density at radius 1 is 1.15 bits per heavy atom. The van der Waals surface area contributed by atoms with E-state index in [1.165, 1.54) is 6.07 Å². The Hall–Kier alpha value is -4.18. The van der Waals surface area contributed by atoms with Crippen LogP contribution in [0.3, 0.4) is 0 Å². The second-order valence-electron chi connectivity index (χ2n) is 10.1. The van der Waals surface area contributed by atoms with Crippen molar-refractivity contribution in [3.63, 3.8) is 0 Å². The fourth-order valence-electron chi connectivity index (χ4n) is 5.41. The molecule has 40 heavy (non-hydrogen) atoms. The van der Waals surface area contributed by atoms with Crippen molar-refractivity contribution >= 4 is 34.8 Å². The number of hydrogen-bond acceptors (Lipinski definition) is 6. The van der Waals surface area contributed by atoms with E-state index in [2.05, 4.69) is 44.7 Å². The highest BCUT2D eigenvalue weighted by molar-refractivity contribution is 6.35. The zero-order valence-electron chi connectivity index (χ0n) is 23.5. The Morgan fingerprint density at radius 3 is 2.67 bits per heavy atom. The van der Waals surface area contributed by atoms with Gasteiger partial charge in [0.1, 0.15) is 18.1 Å². The van der Waals surface area contributed by atoms with Gasteiger partial charge in [-0.1, -0.05) is 13.8 Å². The molecule has 2 amide bonds. The number of nitrogens with one attached hydrogen (secondary N) is 4. The van der Waals surface area contributed by atoms with Crippen LogP contribution in [0.4, 0.5) is 15.8 Å². The molecule has 0 saturated carbocycles. The molecule has 0 fully saturated rings. The summed E-state index contributed by atoms with van der Waals surface area (Å²) in [6.45, 7) is 14.1. The fraction of sp³-hybridized carbons (Fsp3) is 0.367. The largest absolute Gasteiger partial charge is 0.474 e. The summed E-state index contributed by atoms with van der Waals surface area (Å²) < 4.78 is 20.9. The number of aromatic amines is 1. The molecule has 1 aromatic carbocycles. The standard InChI is InChI=1S/C30H35FN6O3/c1-6-37(7-2)10-8-33-29(39)26-17(4)24(35-18(26)5)13-21-20-12-19(23(31)14-25(20)36-28(21)38)22-15-34-30-27(16(22)3)32-9-11-40-30/h12-15,32,35H,6-11H2,1-5H3,(H,33,39)(H,36,38)/b21-13-. The lowest BCUT2D eigenvalue weighted by Crippen LogP contribution is -2.35. The van der Waals surface area contributed by atoms with Gasteiger partial charge >= 0.3 is 0 Å². The average molecular weight is 547 g/mol. The minimum absolute atomic E-state index is 0.156. The minimum atomic E-state index is -0.461. The van der Waals surface area contributed by atoms with E-state index in [1.807, 2.05) is 20.8 Å². The second-order valence-corrected chi connectivity index (χ2v) is 10.1. The lowest BCUT2D eigenvalue weighted by atomic mass is 9.95. The Morgan fingerprint density at radius 2 is 1.93 bits per heavy atom. The first-order valence-electron chi connectivity index (χ1n) is 13.7. The van der Waals surface area contributed by atoms with E-state index in [-0.39, 0.29) is 11.8 Å². The monoisotopic (exact) mass is 546 g/mol. The van der Waals surface area contributed by atoms with Gasteiger partial charge in [0.15, 0.2) is 0 Å². The summed E-state index contributed by atoms with van der Waals surface area (Å²) in [7, 11) is 0. The van der Waals surface area contributed by atoms with Gasteiger partial charge in [-0.3, -0.25) is 9.59 Å². The van der Waals surface area contributed by atoms with Crippen molar-refractivity contribution in [3.05, 3.63) is 57.8 Å². The van der Waals surface area contributed by atoms with Gasteiger partial charge in [-0.05, 0) is 63.2 Å². The Bertz CT molecular complexity index is 1520. The first-order valence-corrected chi connectivity index (χ1v) is 13.7. The highest BCUT2D eigenvalue weighted by Crippen LogP contribution is 2.41. The molecule has 0 unspecified atom stereocenters. The van der Waals surface area contributed by atoms with Crippen LogP contribution in [-0.4, -0.2) is 66.0 Å². The molecule has 0 radical (unpaired) electrons. The summed E-state index contributed by atoms with van der Waals surface area (Å²) in [4.78, 5) is 35.9. The number of hydrogen-bond donors (Lipinski definition) is 4. The molecule has 4 heterocycles. The fourth-order valence-corrected chi connectivity index (χ4v) is 5.41. The third-order valence-corrected chi connectivity index (χ3v) is 7.73. The van der Waals surface area contributed by atoms with Crippen LogP contribution in [0, 0.1) is 26.6 Å². The van der Waals surface area contributed by atoms with Crippen molar-refractivity contribution in [2.75, 3.05) is 50.0 Å². The predicted molar refractivity (Wildman–Crippen MR) is 155 cm³/mol. The lowest BCUT2D eigenvalue weighted by Gasteiger charge is -2.21. The van der Waals surface area contributed by atoms with Crippen LogP contribution in [0.25, 0.3) is 22.8 Å². The zero-order chi connectivity index (χ0) is 28.6. The number of nitrogens with zero attached hydrogens (tertiary/aromatic N) is 2. The number of fused-ring (bicyclic) bond motifs is 2. The minimum Gasteiger partial charge on any atom is -0.474 e. The van der Waals surface area contributed by atoms with Crippen LogP contribution < -0.4 is 20.7 Å². The molecule has 0 saturated heterocycles. The number of likely N-dealkylation sites (N-methyl/N-ethyl adjacent to an activating group) is 1. The summed E-state index contributed by atoms with van der Waals surface area (Å²) in [6.07, 6.45) is 3.33. The van der Waals surface area contributed by atoms with Crippen molar-refractivity contribution in [1.29, 1.82) is 0 Å². The molecule has 0 aliphatic carbocycles. The summed E-state index contributed by atoms with van der Waals surface area (Å²) in [6, 6.07) is 3.02. The van der Waals surface area contributed by atoms with Crippen LogP contribution in [0.5, 0.6) is 5.88 Å². The van der Waals surface area contributed by atoms with E-state index >= 15 is 4.39 Å². The van der Waals surface area contributed by atoms with Crippen LogP contribution in [0.2, 0.25) is 0 Å². The van der Waals surface area contributed by atoms with Gasteiger partial charge in [-0.15, -0.1) is 0 Å². The van der Waals surface area contributed by atoms with Crippen molar-refractivity contribution in [1.82, 2.24) is 20.2 Å². The number of amides is 2. The molecule has 210 valence electrons. The number of anilines is 2. The number of halogens is 1. The molecule has 9 nitrogen and oxygen atoms in total. The summed E-state index contributed by atoms with van der Waals surface area (Å²) in [5, 5.41) is 9.06. The summed E-state index contributed by atoms with van der Waals surface area (Å²) in [5.41, 5.74) is 6.58. The van der Waals surface area contributed by atoms with Gasteiger partial charge in [-0.2, -0.15) is 0 Å². The SMILES string of the molecule is CCN(CC)CCNC(=O)c1c(C)[nH]c(/C=C2\C(=O)Nc3cc(F)c(-c4cnc5c(c4C)NCCO5)cc32)c1C. The van der Waals surface area contributed by atoms with Crippen LogP contribution in [0.1, 0.15) is 52.3 Å². The third-order valence-electron chi connectivity index (χ3n) is 7.73. The number of aromatic nitrogens is 2. The number of aryl methyl sites for hydroxylation is 1. The first kappa shape index (κ1) is 27.4. The maximum absolute atomic E-state index is 15.3. The van der Waals surface area contributed by atoms with Gasteiger partial charge in [0.25, 0.3) is 11.8 Å². The topological polar surface area (TPSA) is 111 Å². The van der Waals surface area contributed by atoms with E-state index < -0.39 is 5.82 Å². The molecular formula is C30H35FN6O3. The van der Waals surface area contributed by atoms with Gasteiger partial charge < -0.3 is 30.6 Å². The number of rotatable bonds is 8. The Labute approximate surface area is 233 Å². The number of carbonyl (C=O) groups is 2. The molecule has 10 heteroatoms. The average Bonchev–Trinajstić information content (AvgIpc) is 3.39. The quantitative estimate of drug-likeness (QED) is 0.310. The van der Waals surface area contributed by atoms with Crippen molar-refractivity contribution in [3.8, 4) is 17.0 Å². The van der Waals surface area contributed by atoms with Crippen molar-refractivity contribution in [2.45, 2.75) is 34.6 Å². The van der Waals surface area contributed by atoms with Gasteiger partial charge in [-0.25, -0.2) is 9.37 Å². The predicted octanol–water partition coefficient (Wildman–Crippen LogP) is 4.51. The molecule has 3 aromatic rings. The van der Waals surface area contributed by atoms with E-state index in [0.29, 0.717) is 70.5 Å². The van der Waals surface area contributed by atoms with Gasteiger partial charge in [0, 0.05) is 53.9 Å². The Kier molecular flexibility index (Phi) is 7.62. The number of carbonyl (C=O) groups excluding carboxylic acids is 2. The van der Waals surface area contributed by atoms with E-state index in [9.17, 15) is 9.59 Å². The van der Waals surface area contributed by atoms with E-state index in [4.69, 9.17) is 4.74 Å². The maximum Gasteiger partial charge on any atom is 0.256 e. The summed E-state index contributed by atoms with van der Waals surface area (Å²) in [5.74, 6) is -0.454. The smallest absolute Gasteiger partial charge is 0.256 e.